The van der Waals surface area contributed by atoms with Gasteiger partial charge in [-0.25, -0.2) is 0 Å². The lowest BCUT2D eigenvalue weighted by atomic mass is 9.91. The highest BCUT2D eigenvalue weighted by Crippen LogP contribution is 2.24. The first kappa shape index (κ1) is 18.0. The second kappa shape index (κ2) is 9.02. The number of methoxy groups -OCH3 is 1. The summed E-state index contributed by atoms with van der Waals surface area (Å²) in [6.07, 6.45) is 8.35. The van der Waals surface area contributed by atoms with Crippen molar-refractivity contribution in [2.75, 3.05) is 20.3 Å². The Morgan fingerprint density at radius 1 is 1.24 bits per heavy atom. The van der Waals surface area contributed by atoms with Gasteiger partial charge in [-0.15, -0.1) is 0 Å². The first-order chi connectivity index (χ1) is 12.2. The van der Waals surface area contributed by atoms with Crippen molar-refractivity contribution < 1.29 is 14.7 Å². The van der Waals surface area contributed by atoms with Gasteiger partial charge in [-0.2, -0.15) is 0 Å². The highest BCUT2D eigenvalue weighted by molar-refractivity contribution is 6.04. The van der Waals surface area contributed by atoms with E-state index in [1.165, 1.54) is 24.8 Å². The molecule has 0 bridgehead atoms. The molecule has 0 saturated heterocycles. The number of hydrogen-bond donors (Lipinski definition) is 2. The molecule has 1 unspecified atom stereocenters. The maximum atomic E-state index is 9.92. The molecule has 0 radical (unpaired) electrons. The molecule has 2 saturated carbocycles. The molecule has 1 atom stereocenters. The zero-order valence-electron chi connectivity index (χ0n) is 14.9. The van der Waals surface area contributed by atoms with Crippen LogP contribution in [0.15, 0.2) is 35.0 Å². The second-order valence-electron chi connectivity index (χ2n) is 6.82. The van der Waals surface area contributed by atoms with Crippen LogP contribution >= 0.6 is 0 Å². The molecule has 0 amide bonds. The zero-order chi connectivity index (χ0) is 17.5. The fourth-order valence-electron chi connectivity index (χ4n) is 2.92. The van der Waals surface area contributed by atoms with Crippen LogP contribution in [-0.2, 0) is 4.84 Å². The van der Waals surface area contributed by atoms with Gasteiger partial charge in [-0.3, -0.25) is 0 Å². The SMILES string of the molecule is COc1ccc(/C=C2\CCCC\C2=N/OCC(O)CNC2CC2)cc1. The summed E-state index contributed by atoms with van der Waals surface area (Å²) in [6, 6.07) is 8.62. The lowest BCUT2D eigenvalue weighted by Gasteiger charge is -2.17. The van der Waals surface area contributed by atoms with Gasteiger partial charge in [-0.05, 0) is 67.9 Å². The van der Waals surface area contributed by atoms with Gasteiger partial charge in [0.1, 0.15) is 18.5 Å². The van der Waals surface area contributed by atoms with Crippen molar-refractivity contribution in [3.05, 3.63) is 35.4 Å². The van der Waals surface area contributed by atoms with Gasteiger partial charge in [0, 0.05) is 12.6 Å². The van der Waals surface area contributed by atoms with Gasteiger partial charge in [0.25, 0.3) is 0 Å². The lowest BCUT2D eigenvalue weighted by Crippen LogP contribution is -2.31. The molecule has 5 heteroatoms. The normalized spacial score (nSPS) is 22.2. The van der Waals surface area contributed by atoms with Gasteiger partial charge < -0.3 is 20.0 Å². The standard InChI is InChI=1S/C20H28N2O3/c1-24-19-10-6-15(7-11-19)12-16-4-2-3-5-20(16)22-25-14-18(23)13-21-17-8-9-17/h6-7,10-12,17-18,21,23H,2-5,8-9,13-14H2,1H3/b16-12+,22-20+. The molecular weight excluding hydrogens is 316 g/mol. The number of allylic oxidation sites excluding steroid dienone is 1. The van der Waals surface area contributed by atoms with Crippen molar-refractivity contribution in [1.29, 1.82) is 0 Å². The number of ether oxygens (including phenoxy) is 1. The molecule has 0 spiro atoms. The maximum Gasteiger partial charge on any atom is 0.144 e. The van der Waals surface area contributed by atoms with Gasteiger partial charge in [-0.1, -0.05) is 17.3 Å². The molecule has 136 valence electrons. The molecule has 1 aromatic rings. The van der Waals surface area contributed by atoms with Crippen LogP contribution in [0.4, 0.5) is 0 Å². The summed E-state index contributed by atoms with van der Waals surface area (Å²) in [4.78, 5) is 5.43. The minimum Gasteiger partial charge on any atom is -0.497 e. The highest BCUT2D eigenvalue weighted by atomic mass is 16.6. The summed E-state index contributed by atoms with van der Waals surface area (Å²) in [6.45, 7) is 0.809. The minimum absolute atomic E-state index is 0.235. The lowest BCUT2D eigenvalue weighted by molar-refractivity contribution is 0.0398. The predicted octanol–water partition coefficient (Wildman–Crippen LogP) is 3.14. The van der Waals surface area contributed by atoms with Crippen LogP contribution in [0.25, 0.3) is 6.08 Å². The van der Waals surface area contributed by atoms with Gasteiger partial charge in [0.2, 0.25) is 0 Å². The summed E-state index contributed by atoms with van der Waals surface area (Å²) in [5.41, 5.74) is 3.37. The smallest absolute Gasteiger partial charge is 0.144 e. The Morgan fingerprint density at radius 2 is 2.00 bits per heavy atom. The molecule has 2 aliphatic rings. The molecule has 1 aromatic carbocycles. The minimum atomic E-state index is -0.512. The fourth-order valence-corrected chi connectivity index (χ4v) is 2.92. The first-order valence-corrected chi connectivity index (χ1v) is 9.20. The Hall–Kier alpha value is -1.85. The predicted molar refractivity (Wildman–Crippen MR) is 99.9 cm³/mol. The molecule has 3 rings (SSSR count). The molecule has 25 heavy (non-hydrogen) atoms. The summed E-state index contributed by atoms with van der Waals surface area (Å²) in [5.74, 6) is 0.858. The van der Waals surface area contributed by atoms with E-state index in [0.29, 0.717) is 12.6 Å². The third-order valence-electron chi connectivity index (χ3n) is 4.60. The molecule has 0 aliphatic heterocycles. The molecule has 0 heterocycles. The number of nitrogens with one attached hydrogen (secondary N) is 1. The number of aliphatic hydroxyl groups is 1. The topological polar surface area (TPSA) is 63.1 Å². The van der Waals surface area contributed by atoms with E-state index >= 15 is 0 Å². The van der Waals surface area contributed by atoms with E-state index in [1.54, 1.807) is 7.11 Å². The average Bonchev–Trinajstić information content (AvgIpc) is 3.46. The number of aliphatic hydroxyl groups excluding tert-OH is 1. The number of rotatable bonds is 8. The van der Waals surface area contributed by atoms with Crippen molar-refractivity contribution in [2.45, 2.75) is 50.7 Å². The average molecular weight is 344 g/mol. The second-order valence-corrected chi connectivity index (χ2v) is 6.82. The molecule has 0 aromatic heterocycles. The van der Waals surface area contributed by atoms with Crippen LogP contribution in [-0.4, -0.2) is 43.2 Å². The van der Waals surface area contributed by atoms with Crippen molar-refractivity contribution in [3.8, 4) is 5.75 Å². The maximum absolute atomic E-state index is 9.92. The third kappa shape index (κ3) is 5.87. The van der Waals surface area contributed by atoms with Gasteiger partial charge >= 0.3 is 0 Å². The summed E-state index contributed by atoms with van der Waals surface area (Å²) in [7, 11) is 1.67. The summed E-state index contributed by atoms with van der Waals surface area (Å²) < 4.78 is 5.20. The van der Waals surface area contributed by atoms with Crippen molar-refractivity contribution in [1.82, 2.24) is 5.32 Å². The summed E-state index contributed by atoms with van der Waals surface area (Å²) >= 11 is 0. The van der Waals surface area contributed by atoms with E-state index in [1.807, 2.05) is 24.3 Å². The fraction of sp³-hybridized carbons (Fsp3) is 0.550. The van der Waals surface area contributed by atoms with Crippen molar-refractivity contribution in [3.63, 3.8) is 0 Å². The van der Waals surface area contributed by atoms with Crippen LogP contribution in [0.2, 0.25) is 0 Å². The van der Waals surface area contributed by atoms with Crippen LogP contribution < -0.4 is 10.1 Å². The molecule has 2 aliphatic carbocycles. The van der Waals surface area contributed by atoms with E-state index in [0.717, 1.165) is 36.3 Å². The van der Waals surface area contributed by atoms with Crippen molar-refractivity contribution >= 4 is 11.8 Å². The molecule has 2 N–H and O–H groups in total. The number of oxime groups is 1. The van der Waals surface area contributed by atoms with E-state index in [2.05, 4.69) is 16.5 Å². The van der Waals surface area contributed by atoms with Crippen molar-refractivity contribution in [2.24, 2.45) is 5.16 Å². The Labute approximate surface area is 149 Å². The van der Waals surface area contributed by atoms with Crippen LogP contribution in [0.1, 0.15) is 44.1 Å². The largest absolute Gasteiger partial charge is 0.497 e. The van der Waals surface area contributed by atoms with Gasteiger partial charge in [0.05, 0.1) is 12.8 Å². The molecule has 2 fully saturated rings. The van der Waals surface area contributed by atoms with Crippen LogP contribution in [0.3, 0.4) is 0 Å². The number of nitrogens with zero attached hydrogens (tertiary/aromatic N) is 1. The number of hydrogen-bond acceptors (Lipinski definition) is 5. The Balaban J connectivity index is 1.56. The zero-order valence-corrected chi connectivity index (χ0v) is 14.9. The van der Waals surface area contributed by atoms with E-state index in [-0.39, 0.29) is 6.61 Å². The Morgan fingerprint density at radius 3 is 2.72 bits per heavy atom. The molecule has 5 nitrogen and oxygen atoms in total. The molecular formula is C20H28N2O3. The first-order valence-electron chi connectivity index (χ1n) is 9.20. The third-order valence-corrected chi connectivity index (χ3v) is 4.60. The Bertz CT molecular complexity index is 606. The highest BCUT2D eigenvalue weighted by Gasteiger charge is 2.21. The Kier molecular flexibility index (Phi) is 6.48. The monoisotopic (exact) mass is 344 g/mol. The van der Waals surface area contributed by atoms with E-state index in [9.17, 15) is 5.11 Å². The van der Waals surface area contributed by atoms with Crippen LogP contribution in [0.5, 0.6) is 5.75 Å². The van der Waals surface area contributed by atoms with Crippen LogP contribution in [0, 0.1) is 0 Å². The summed E-state index contributed by atoms with van der Waals surface area (Å²) in [5, 5.41) is 17.5. The quantitative estimate of drug-likeness (QED) is 0.711. The van der Waals surface area contributed by atoms with E-state index in [4.69, 9.17) is 9.57 Å². The van der Waals surface area contributed by atoms with Gasteiger partial charge in [0.15, 0.2) is 0 Å². The van der Waals surface area contributed by atoms with E-state index < -0.39 is 6.10 Å². The number of benzene rings is 1.